The maximum Gasteiger partial charge on any atom is 0.227 e. The minimum atomic E-state index is 0.388. The van der Waals surface area contributed by atoms with Gasteiger partial charge in [-0.05, 0) is 37.4 Å². The summed E-state index contributed by atoms with van der Waals surface area (Å²) in [5.41, 5.74) is 2.68. The predicted octanol–water partition coefficient (Wildman–Crippen LogP) is 3.79. The highest BCUT2D eigenvalue weighted by atomic mass is 32.2. The molecule has 3 rings (SSSR count). The van der Waals surface area contributed by atoms with Crippen molar-refractivity contribution >= 4 is 23.4 Å². The lowest BCUT2D eigenvalue weighted by Crippen LogP contribution is -2.00. The van der Waals surface area contributed by atoms with Crippen LogP contribution in [-0.4, -0.2) is 28.5 Å². The molecule has 0 aliphatic rings. The maximum absolute atomic E-state index is 9.08. The summed E-state index contributed by atoms with van der Waals surface area (Å²) in [5, 5.41) is 17.0. The number of nitriles is 1. The molecule has 0 unspecified atom stereocenters. The van der Waals surface area contributed by atoms with Gasteiger partial charge >= 0.3 is 0 Å². The van der Waals surface area contributed by atoms with Crippen LogP contribution in [0.2, 0.25) is 0 Å². The smallest absolute Gasteiger partial charge is 0.227 e. The number of aryl methyl sites for hydroxylation is 1. The number of methoxy groups -OCH3 is 1. The first-order valence-corrected chi connectivity index (χ1v) is 8.57. The Bertz CT molecular complexity index is 948. The van der Waals surface area contributed by atoms with Gasteiger partial charge in [0.05, 0.1) is 35.7 Å². The molecule has 7 nitrogen and oxygen atoms in total. The Labute approximate surface area is 149 Å². The molecule has 1 N–H and O–H groups in total. The summed E-state index contributed by atoms with van der Waals surface area (Å²) >= 11 is 1.49. The van der Waals surface area contributed by atoms with Crippen LogP contribution in [0.3, 0.4) is 0 Å². The number of rotatable bonds is 5. The first-order chi connectivity index (χ1) is 12.2. The van der Waals surface area contributed by atoms with Gasteiger partial charge in [-0.1, -0.05) is 5.16 Å². The second kappa shape index (κ2) is 7.23. The molecule has 25 heavy (non-hydrogen) atoms. The van der Waals surface area contributed by atoms with Crippen molar-refractivity contribution in [3.05, 3.63) is 41.8 Å². The third-order valence-corrected chi connectivity index (χ3v) is 4.18. The number of hydrogen-bond donors (Lipinski definition) is 1. The van der Waals surface area contributed by atoms with Gasteiger partial charge in [0.2, 0.25) is 5.95 Å². The Morgan fingerprint density at radius 3 is 2.88 bits per heavy atom. The number of benzene rings is 1. The van der Waals surface area contributed by atoms with Gasteiger partial charge in [-0.2, -0.15) is 5.26 Å². The average Bonchev–Trinajstić information content (AvgIpc) is 3.02. The molecule has 0 saturated carbocycles. The molecule has 126 valence electrons. The van der Waals surface area contributed by atoms with Gasteiger partial charge < -0.3 is 14.6 Å². The third kappa shape index (κ3) is 3.41. The molecule has 0 fully saturated rings. The van der Waals surface area contributed by atoms with Crippen molar-refractivity contribution in [3.63, 3.8) is 0 Å². The molecule has 0 amide bonds. The maximum atomic E-state index is 9.08. The van der Waals surface area contributed by atoms with E-state index in [1.807, 2.05) is 13.2 Å². The molecule has 0 spiro atoms. The van der Waals surface area contributed by atoms with Gasteiger partial charge in [-0.15, -0.1) is 11.8 Å². The molecular weight excluding hydrogens is 338 g/mol. The molecule has 0 bridgehead atoms. The largest absolute Gasteiger partial charge is 0.495 e. The standard InChI is InChI=1S/C17H15N5O2S/c1-10-15(16(25-3)22-24-10)12-6-7-19-17(20-12)21-13-8-11(9-18)4-5-14(13)23-2/h4-8H,1-3H3,(H,19,20,21). The topological polar surface area (TPSA) is 96.9 Å². The third-order valence-electron chi connectivity index (χ3n) is 3.51. The van der Waals surface area contributed by atoms with Gasteiger partial charge in [0, 0.05) is 6.20 Å². The van der Waals surface area contributed by atoms with Crippen molar-refractivity contribution in [3.8, 4) is 23.1 Å². The number of nitrogens with zero attached hydrogens (tertiary/aromatic N) is 4. The summed E-state index contributed by atoms with van der Waals surface area (Å²) < 4.78 is 10.6. The summed E-state index contributed by atoms with van der Waals surface area (Å²) in [4.78, 5) is 8.78. The van der Waals surface area contributed by atoms with Gasteiger partial charge in [-0.25, -0.2) is 9.97 Å². The Balaban J connectivity index is 1.98. The number of anilines is 2. The predicted molar refractivity (Wildman–Crippen MR) is 95.0 cm³/mol. The molecule has 0 radical (unpaired) electrons. The molecular formula is C17H15N5O2S. The zero-order valence-electron chi connectivity index (χ0n) is 13.9. The van der Waals surface area contributed by atoms with E-state index in [0.717, 1.165) is 10.6 Å². The highest BCUT2D eigenvalue weighted by molar-refractivity contribution is 7.98. The number of aromatic nitrogens is 3. The van der Waals surface area contributed by atoms with Crippen LogP contribution in [0, 0.1) is 18.3 Å². The van der Waals surface area contributed by atoms with E-state index in [0.29, 0.717) is 34.4 Å². The number of ether oxygens (including phenoxy) is 1. The molecule has 2 heterocycles. The Kier molecular flexibility index (Phi) is 4.86. The second-order valence-electron chi connectivity index (χ2n) is 5.04. The highest BCUT2D eigenvalue weighted by Gasteiger charge is 2.16. The Morgan fingerprint density at radius 1 is 1.32 bits per heavy atom. The minimum absolute atomic E-state index is 0.388. The molecule has 0 saturated heterocycles. The SMILES string of the molecule is COc1ccc(C#N)cc1Nc1nccc(-c2c(SC)noc2C)n1. The fourth-order valence-corrected chi connectivity index (χ4v) is 2.90. The van der Waals surface area contributed by atoms with Gasteiger partial charge in [0.15, 0.2) is 0 Å². The summed E-state index contributed by atoms with van der Waals surface area (Å²) in [5.74, 6) is 1.68. The zero-order valence-corrected chi connectivity index (χ0v) is 14.7. The molecule has 2 aromatic heterocycles. The van der Waals surface area contributed by atoms with Crippen molar-refractivity contribution in [2.45, 2.75) is 11.9 Å². The molecule has 0 aliphatic carbocycles. The van der Waals surface area contributed by atoms with E-state index in [2.05, 4.69) is 26.5 Å². The van der Waals surface area contributed by atoms with Crippen LogP contribution in [0.25, 0.3) is 11.3 Å². The lowest BCUT2D eigenvalue weighted by Gasteiger charge is -2.11. The van der Waals surface area contributed by atoms with Crippen LogP contribution in [0.4, 0.5) is 11.6 Å². The van der Waals surface area contributed by atoms with Gasteiger partial charge in [0.1, 0.15) is 16.5 Å². The van der Waals surface area contributed by atoms with Crippen molar-refractivity contribution in [2.24, 2.45) is 0 Å². The second-order valence-corrected chi connectivity index (χ2v) is 5.84. The van der Waals surface area contributed by atoms with E-state index in [4.69, 9.17) is 14.5 Å². The van der Waals surface area contributed by atoms with E-state index in [-0.39, 0.29) is 0 Å². The Hall–Kier alpha value is -3.05. The molecule has 0 atom stereocenters. The van der Waals surface area contributed by atoms with Crippen molar-refractivity contribution in [1.82, 2.24) is 15.1 Å². The van der Waals surface area contributed by atoms with Crippen LogP contribution in [0.5, 0.6) is 5.75 Å². The minimum Gasteiger partial charge on any atom is -0.495 e. The van der Waals surface area contributed by atoms with Crippen molar-refractivity contribution < 1.29 is 9.26 Å². The number of nitrogens with one attached hydrogen (secondary N) is 1. The lowest BCUT2D eigenvalue weighted by atomic mass is 10.2. The fourth-order valence-electron chi connectivity index (χ4n) is 2.33. The van der Waals surface area contributed by atoms with Gasteiger partial charge in [0.25, 0.3) is 0 Å². The lowest BCUT2D eigenvalue weighted by molar-refractivity contribution is 0.384. The summed E-state index contributed by atoms with van der Waals surface area (Å²) in [6.07, 6.45) is 3.58. The van der Waals surface area contributed by atoms with Crippen molar-refractivity contribution in [1.29, 1.82) is 5.26 Å². The van der Waals surface area contributed by atoms with E-state index in [1.165, 1.54) is 11.8 Å². The van der Waals surface area contributed by atoms with Gasteiger partial charge in [-0.3, -0.25) is 0 Å². The Morgan fingerprint density at radius 2 is 2.16 bits per heavy atom. The first-order valence-electron chi connectivity index (χ1n) is 7.35. The van der Waals surface area contributed by atoms with Crippen molar-refractivity contribution in [2.75, 3.05) is 18.7 Å². The fraction of sp³-hybridized carbons (Fsp3) is 0.176. The van der Waals surface area contributed by atoms with E-state index in [1.54, 1.807) is 37.6 Å². The van der Waals surface area contributed by atoms with Crippen LogP contribution in [0.1, 0.15) is 11.3 Å². The van der Waals surface area contributed by atoms with E-state index >= 15 is 0 Å². The normalized spacial score (nSPS) is 10.3. The average molecular weight is 353 g/mol. The summed E-state index contributed by atoms with van der Waals surface area (Å²) in [7, 11) is 1.56. The quantitative estimate of drug-likeness (QED) is 0.692. The first kappa shape index (κ1) is 16.8. The summed E-state index contributed by atoms with van der Waals surface area (Å²) in [6.45, 7) is 1.84. The molecule has 1 aromatic carbocycles. The molecule has 3 aromatic rings. The number of thioether (sulfide) groups is 1. The monoisotopic (exact) mass is 353 g/mol. The van der Waals surface area contributed by atoms with E-state index < -0.39 is 0 Å². The van der Waals surface area contributed by atoms with Crippen LogP contribution >= 0.6 is 11.8 Å². The molecule has 0 aliphatic heterocycles. The van der Waals surface area contributed by atoms with Crippen LogP contribution < -0.4 is 10.1 Å². The highest BCUT2D eigenvalue weighted by Crippen LogP contribution is 2.32. The molecule has 8 heteroatoms. The summed E-state index contributed by atoms with van der Waals surface area (Å²) in [6, 6.07) is 9.00. The van der Waals surface area contributed by atoms with Crippen LogP contribution in [-0.2, 0) is 0 Å². The van der Waals surface area contributed by atoms with Crippen LogP contribution in [0.15, 0.2) is 40.0 Å². The number of hydrogen-bond acceptors (Lipinski definition) is 8. The van der Waals surface area contributed by atoms with E-state index in [9.17, 15) is 0 Å². The zero-order chi connectivity index (χ0) is 17.8.